The molecule has 0 fully saturated rings. The van der Waals surface area contributed by atoms with Crippen LogP contribution >= 0.6 is 0 Å². The summed E-state index contributed by atoms with van der Waals surface area (Å²) in [7, 11) is 0. The van der Waals surface area contributed by atoms with Gasteiger partial charge in [-0.3, -0.25) is 0 Å². The van der Waals surface area contributed by atoms with Gasteiger partial charge in [0.25, 0.3) is 0 Å². The lowest BCUT2D eigenvalue weighted by Crippen LogP contribution is -2.20. The van der Waals surface area contributed by atoms with E-state index in [0.717, 1.165) is 38.5 Å². The van der Waals surface area contributed by atoms with E-state index in [0.29, 0.717) is 5.92 Å². The van der Waals surface area contributed by atoms with Crippen LogP contribution in [0.1, 0.15) is 39.7 Å². The highest BCUT2D eigenvalue weighted by Gasteiger charge is 2.04. The fourth-order valence-electron chi connectivity index (χ4n) is 1.81. The molecule has 0 aliphatic carbocycles. The fraction of sp³-hybridized carbons (Fsp3) is 0.647. The van der Waals surface area contributed by atoms with E-state index in [9.17, 15) is 0 Å². The zero-order valence-electron chi connectivity index (χ0n) is 13.3. The number of rotatable bonds is 10. The van der Waals surface area contributed by atoms with Gasteiger partial charge >= 0.3 is 0 Å². The summed E-state index contributed by atoms with van der Waals surface area (Å²) in [6.45, 7) is 11.8. The Morgan fingerprint density at radius 1 is 1.05 bits per heavy atom. The van der Waals surface area contributed by atoms with Crippen LogP contribution in [0.3, 0.4) is 0 Å². The standard InChI is InChI=1S/C17H29NO2/c1-14(2)9-11-19-12-10-18-13-16-7-5-6-8-17(16)20-15(3)4/h5-8,14-15,18H,9-13H2,1-4H3. The molecular formula is C17H29NO2. The van der Waals surface area contributed by atoms with Crippen LogP contribution in [0.15, 0.2) is 24.3 Å². The second kappa shape index (κ2) is 9.78. The minimum Gasteiger partial charge on any atom is -0.491 e. The number of nitrogens with one attached hydrogen (secondary N) is 1. The number of benzene rings is 1. The van der Waals surface area contributed by atoms with Crippen molar-refractivity contribution >= 4 is 0 Å². The molecular weight excluding hydrogens is 250 g/mol. The Bertz CT molecular complexity index is 364. The molecule has 0 atom stereocenters. The van der Waals surface area contributed by atoms with E-state index in [1.54, 1.807) is 0 Å². The van der Waals surface area contributed by atoms with E-state index in [4.69, 9.17) is 9.47 Å². The zero-order valence-corrected chi connectivity index (χ0v) is 13.3. The van der Waals surface area contributed by atoms with Crippen LogP contribution in [0.4, 0.5) is 0 Å². The van der Waals surface area contributed by atoms with Crippen LogP contribution in [0.5, 0.6) is 5.75 Å². The molecule has 0 spiro atoms. The topological polar surface area (TPSA) is 30.5 Å². The maximum atomic E-state index is 5.80. The molecule has 0 saturated carbocycles. The second-order valence-corrected chi connectivity index (χ2v) is 5.75. The first kappa shape index (κ1) is 17.0. The van der Waals surface area contributed by atoms with Crippen molar-refractivity contribution in [2.24, 2.45) is 5.92 Å². The highest BCUT2D eigenvalue weighted by atomic mass is 16.5. The molecule has 1 aromatic carbocycles. The molecule has 0 aliphatic heterocycles. The average molecular weight is 279 g/mol. The number of para-hydroxylation sites is 1. The predicted octanol–water partition coefficient (Wildman–Crippen LogP) is 3.63. The van der Waals surface area contributed by atoms with Crippen LogP contribution in [-0.2, 0) is 11.3 Å². The highest BCUT2D eigenvalue weighted by molar-refractivity contribution is 5.33. The first-order chi connectivity index (χ1) is 9.59. The minimum atomic E-state index is 0.204. The van der Waals surface area contributed by atoms with Crippen molar-refractivity contribution in [3.05, 3.63) is 29.8 Å². The van der Waals surface area contributed by atoms with Gasteiger partial charge in [-0.15, -0.1) is 0 Å². The van der Waals surface area contributed by atoms with Crippen molar-refractivity contribution in [1.29, 1.82) is 0 Å². The van der Waals surface area contributed by atoms with Gasteiger partial charge in [0.1, 0.15) is 5.75 Å². The Labute approximate surface area is 123 Å². The van der Waals surface area contributed by atoms with E-state index in [2.05, 4.69) is 25.2 Å². The number of hydrogen-bond acceptors (Lipinski definition) is 3. The third-order valence-corrected chi connectivity index (χ3v) is 2.91. The molecule has 0 radical (unpaired) electrons. The van der Waals surface area contributed by atoms with Gasteiger partial charge in [0.05, 0.1) is 12.7 Å². The summed E-state index contributed by atoms with van der Waals surface area (Å²) in [5.41, 5.74) is 1.20. The maximum absolute atomic E-state index is 5.80. The Morgan fingerprint density at radius 3 is 2.50 bits per heavy atom. The molecule has 0 aliphatic rings. The predicted molar refractivity (Wildman–Crippen MR) is 84.2 cm³/mol. The van der Waals surface area contributed by atoms with Gasteiger partial charge in [-0.05, 0) is 32.3 Å². The van der Waals surface area contributed by atoms with E-state index >= 15 is 0 Å². The molecule has 114 valence electrons. The van der Waals surface area contributed by atoms with E-state index in [1.807, 2.05) is 32.0 Å². The Morgan fingerprint density at radius 2 is 1.80 bits per heavy atom. The molecule has 1 aromatic rings. The monoisotopic (exact) mass is 279 g/mol. The fourth-order valence-corrected chi connectivity index (χ4v) is 1.81. The summed E-state index contributed by atoms with van der Waals surface area (Å²) >= 11 is 0. The van der Waals surface area contributed by atoms with E-state index < -0.39 is 0 Å². The highest BCUT2D eigenvalue weighted by Crippen LogP contribution is 2.18. The number of hydrogen-bond donors (Lipinski definition) is 1. The maximum Gasteiger partial charge on any atom is 0.124 e. The van der Waals surface area contributed by atoms with Gasteiger partial charge in [-0.25, -0.2) is 0 Å². The van der Waals surface area contributed by atoms with Crippen molar-refractivity contribution in [2.45, 2.75) is 46.8 Å². The Balaban J connectivity index is 2.21. The summed E-state index contributed by atoms with van der Waals surface area (Å²) in [6, 6.07) is 8.18. The van der Waals surface area contributed by atoms with Gasteiger partial charge < -0.3 is 14.8 Å². The van der Waals surface area contributed by atoms with Crippen LogP contribution in [0, 0.1) is 5.92 Å². The first-order valence-corrected chi connectivity index (χ1v) is 7.62. The third-order valence-electron chi connectivity index (χ3n) is 2.91. The largest absolute Gasteiger partial charge is 0.491 e. The lowest BCUT2D eigenvalue weighted by atomic mass is 10.1. The second-order valence-electron chi connectivity index (χ2n) is 5.75. The molecule has 20 heavy (non-hydrogen) atoms. The molecule has 0 bridgehead atoms. The molecule has 3 nitrogen and oxygen atoms in total. The summed E-state index contributed by atoms with van der Waals surface area (Å²) in [5, 5.41) is 3.40. The third kappa shape index (κ3) is 7.51. The Kier molecular flexibility index (Phi) is 8.31. The van der Waals surface area contributed by atoms with Crippen molar-refractivity contribution in [3.8, 4) is 5.75 Å². The molecule has 0 aromatic heterocycles. The van der Waals surface area contributed by atoms with Crippen molar-refractivity contribution in [2.75, 3.05) is 19.8 Å². The normalized spacial score (nSPS) is 11.3. The SMILES string of the molecule is CC(C)CCOCCNCc1ccccc1OC(C)C. The zero-order chi connectivity index (χ0) is 14.8. The van der Waals surface area contributed by atoms with Crippen LogP contribution < -0.4 is 10.1 Å². The summed E-state index contributed by atoms with van der Waals surface area (Å²) in [5.74, 6) is 1.68. The molecule has 0 unspecified atom stereocenters. The van der Waals surface area contributed by atoms with Crippen molar-refractivity contribution in [1.82, 2.24) is 5.32 Å². The van der Waals surface area contributed by atoms with E-state index in [-0.39, 0.29) is 6.10 Å². The van der Waals surface area contributed by atoms with Crippen LogP contribution in [0.25, 0.3) is 0 Å². The lowest BCUT2D eigenvalue weighted by Gasteiger charge is -2.14. The van der Waals surface area contributed by atoms with Crippen LogP contribution in [-0.4, -0.2) is 25.9 Å². The molecule has 0 amide bonds. The average Bonchev–Trinajstić information content (AvgIpc) is 2.38. The summed E-state index contributed by atoms with van der Waals surface area (Å²) in [4.78, 5) is 0. The minimum absolute atomic E-state index is 0.204. The van der Waals surface area contributed by atoms with Gasteiger partial charge in [0.2, 0.25) is 0 Å². The quantitative estimate of drug-likeness (QED) is 0.663. The van der Waals surface area contributed by atoms with Crippen molar-refractivity contribution in [3.63, 3.8) is 0 Å². The summed E-state index contributed by atoms with van der Waals surface area (Å²) in [6.07, 6.45) is 1.33. The Hall–Kier alpha value is -1.06. The lowest BCUT2D eigenvalue weighted by molar-refractivity contribution is 0.125. The molecule has 1 rings (SSSR count). The van der Waals surface area contributed by atoms with Gasteiger partial charge in [0.15, 0.2) is 0 Å². The van der Waals surface area contributed by atoms with Gasteiger partial charge in [-0.2, -0.15) is 0 Å². The summed E-state index contributed by atoms with van der Waals surface area (Å²) < 4.78 is 11.4. The van der Waals surface area contributed by atoms with Crippen LogP contribution in [0.2, 0.25) is 0 Å². The number of ether oxygens (including phenoxy) is 2. The van der Waals surface area contributed by atoms with Crippen molar-refractivity contribution < 1.29 is 9.47 Å². The smallest absolute Gasteiger partial charge is 0.124 e. The van der Waals surface area contributed by atoms with Gasteiger partial charge in [-0.1, -0.05) is 32.0 Å². The molecule has 1 N–H and O–H groups in total. The first-order valence-electron chi connectivity index (χ1n) is 7.62. The van der Waals surface area contributed by atoms with E-state index in [1.165, 1.54) is 5.56 Å². The molecule has 0 heterocycles. The molecule has 3 heteroatoms. The van der Waals surface area contributed by atoms with Gasteiger partial charge in [0, 0.05) is 25.3 Å². The molecule has 0 saturated heterocycles.